The molecular formula is C36H45N4O12S4+. The van der Waals surface area contributed by atoms with Gasteiger partial charge in [-0.05, 0) is 61.2 Å². The second-order valence-electron chi connectivity index (χ2n) is 14.2. The van der Waals surface area contributed by atoms with Crippen LogP contribution in [0, 0.1) is 0 Å². The first-order valence-electron chi connectivity index (χ1n) is 17.8. The molecule has 1 fully saturated rings. The lowest BCUT2D eigenvalue weighted by atomic mass is 9.83. The summed E-state index contributed by atoms with van der Waals surface area (Å²) in [5.74, 6) is -2.18. The highest BCUT2D eigenvalue weighted by Gasteiger charge is 2.40. The van der Waals surface area contributed by atoms with E-state index in [-0.39, 0.29) is 35.5 Å². The summed E-state index contributed by atoms with van der Waals surface area (Å²) >= 11 is 1.35. The number of carbonyl (C=O) groups is 3. The molecule has 304 valence electrons. The number of rotatable bonds is 17. The number of nitrogens with zero attached hydrogens (tertiary/aromatic N) is 4. The second kappa shape index (κ2) is 16.8. The first-order valence-corrected chi connectivity index (χ1v) is 23.1. The number of amides is 2. The van der Waals surface area contributed by atoms with Crippen LogP contribution in [-0.2, 0) is 61.4 Å². The molecule has 2 amide bonds. The number of allylic oxidation sites excluding steroid dienone is 3. The number of benzene rings is 2. The van der Waals surface area contributed by atoms with Gasteiger partial charge in [0.2, 0.25) is 15.5 Å². The van der Waals surface area contributed by atoms with Gasteiger partial charge in [0.1, 0.15) is 4.70 Å². The maximum atomic E-state index is 12.9. The lowest BCUT2D eigenvalue weighted by Crippen LogP contribution is -2.35. The summed E-state index contributed by atoms with van der Waals surface area (Å²) in [6, 6.07) is 9.24. The molecule has 0 atom stereocenters. The Balaban J connectivity index is 1.42. The minimum Gasteiger partial charge on any atom is -0.344 e. The van der Waals surface area contributed by atoms with Crippen molar-refractivity contribution < 1.29 is 58.1 Å². The number of sulfonamides is 1. The van der Waals surface area contributed by atoms with Gasteiger partial charge in [0.05, 0.1) is 15.5 Å². The Labute approximate surface area is 330 Å². The van der Waals surface area contributed by atoms with Crippen molar-refractivity contribution in [1.29, 1.82) is 0 Å². The molecule has 1 aromatic heterocycles. The number of hydrogen-bond donors (Lipinski definition) is 2. The van der Waals surface area contributed by atoms with Crippen LogP contribution < -0.4 is 9.47 Å². The zero-order valence-electron chi connectivity index (χ0n) is 31.4. The molecule has 3 aromatic rings. The van der Waals surface area contributed by atoms with Gasteiger partial charge in [-0.3, -0.25) is 18.7 Å². The van der Waals surface area contributed by atoms with E-state index in [1.165, 1.54) is 43.6 Å². The average Bonchev–Trinajstić information content (AvgIpc) is 3.69. The minimum absolute atomic E-state index is 0.00413. The number of hydroxylamine groups is 2. The average molecular weight is 854 g/mol. The lowest BCUT2D eigenvalue weighted by molar-refractivity contribution is -0.669. The summed E-state index contributed by atoms with van der Waals surface area (Å²) in [6.07, 6.45) is 7.80. The SMILES string of the molecule is CN(C)S(=O)(=O)c1ccc2c(c1)sc(/C=C/C=C1/N(CCCCCC(=O)ON3C(=O)CCC3=O)c3ccc(S(=O)(=O)O)cc3C1(C)C)[n+]2CCCCS(=O)(=O)O. The fraction of sp³-hybridized carbons (Fsp3) is 0.444. The van der Waals surface area contributed by atoms with Gasteiger partial charge in [0.15, 0.2) is 6.54 Å². The van der Waals surface area contributed by atoms with Crippen molar-refractivity contribution in [3.05, 3.63) is 64.8 Å². The number of aromatic nitrogens is 1. The van der Waals surface area contributed by atoms with E-state index in [4.69, 9.17) is 4.84 Å². The molecule has 20 heteroatoms. The summed E-state index contributed by atoms with van der Waals surface area (Å²) in [5.41, 5.74) is 2.21. The topological polar surface area (TPSA) is 217 Å². The molecule has 0 unspecified atom stereocenters. The smallest absolute Gasteiger partial charge is 0.333 e. The first-order chi connectivity index (χ1) is 26.1. The number of thiazole rings is 1. The molecule has 16 nitrogen and oxygen atoms in total. The summed E-state index contributed by atoms with van der Waals surface area (Å²) in [6.45, 7) is 4.71. The summed E-state index contributed by atoms with van der Waals surface area (Å²) in [4.78, 5) is 42.7. The molecule has 3 heterocycles. The van der Waals surface area contributed by atoms with Gasteiger partial charge in [0.25, 0.3) is 37.1 Å². The number of anilines is 1. The maximum Gasteiger partial charge on any atom is 0.333 e. The number of carbonyl (C=O) groups excluding carboxylic acids is 3. The van der Waals surface area contributed by atoms with Gasteiger partial charge in [0, 0.05) is 75.3 Å². The molecule has 56 heavy (non-hydrogen) atoms. The van der Waals surface area contributed by atoms with Crippen LogP contribution in [0.15, 0.2) is 64.0 Å². The van der Waals surface area contributed by atoms with Crippen LogP contribution in [0.4, 0.5) is 5.69 Å². The van der Waals surface area contributed by atoms with Crippen molar-refractivity contribution in [1.82, 2.24) is 9.37 Å². The molecule has 0 saturated carbocycles. The van der Waals surface area contributed by atoms with E-state index in [9.17, 15) is 48.7 Å². The van der Waals surface area contributed by atoms with Gasteiger partial charge in [-0.15, -0.1) is 5.06 Å². The Kier molecular flexibility index (Phi) is 12.9. The van der Waals surface area contributed by atoms with E-state index in [1.807, 2.05) is 41.5 Å². The van der Waals surface area contributed by atoms with E-state index in [2.05, 4.69) is 0 Å². The molecule has 5 rings (SSSR count). The van der Waals surface area contributed by atoms with Crippen LogP contribution in [0.5, 0.6) is 0 Å². The molecular weight excluding hydrogens is 809 g/mol. The van der Waals surface area contributed by atoms with E-state index in [0.29, 0.717) is 54.1 Å². The minimum atomic E-state index is -4.49. The third kappa shape index (κ3) is 9.72. The monoisotopic (exact) mass is 853 g/mol. The van der Waals surface area contributed by atoms with Crippen LogP contribution in [0.3, 0.4) is 0 Å². The van der Waals surface area contributed by atoms with Gasteiger partial charge in [-0.1, -0.05) is 37.7 Å². The summed E-state index contributed by atoms with van der Waals surface area (Å²) < 4.78 is 95.5. The van der Waals surface area contributed by atoms with E-state index >= 15 is 0 Å². The van der Waals surface area contributed by atoms with Crippen LogP contribution in [0.2, 0.25) is 0 Å². The molecule has 0 radical (unpaired) electrons. The van der Waals surface area contributed by atoms with Crippen molar-refractivity contribution in [3.63, 3.8) is 0 Å². The highest BCUT2D eigenvalue weighted by molar-refractivity contribution is 7.89. The third-order valence-electron chi connectivity index (χ3n) is 9.63. The number of unbranched alkanes of at least 4 members (excludes halogenated alkanes) is 3. The van der Waals surface area contributed by atoms with Crippen molar-refractivity contribution in [3.8, 4) is 0 Å². The largest absolute Gasteiger partial charge is 0.344 e. The van der Waals surface area contributed by atoms with Crippen LogP contribution in [-0.4, -0.2) is 87.9 Å². The number of aryl methyl sites for hydroxylation is 1. The molecule has 2 N–H and O–H groups in total. The Bertz CT molecular complexity index is 2420. The van der Waals surface area contributed by atoms with E-state index in [1.54, 1.807) is 18.2 Å². The molecule has 0 aliphatic carbocycles. The van der Waals surface area contributed by atoms with Crippen molar-refractivity contribution in [2.75, 3.05) is 31.3 Å². The van der Waals surface area contributed by atoms with Crippen molar-refractivity contribution >= 4 is 81.4 Å². The summed E-state index contributed by atoms with van der Waals surface area (Å²) in [5, 5.41) is 1.26. The normalized spacial score (nSPS) is 16.9. The van der Waals surface area contributed by atoms with Crippen LogP contribution in [0.25, 0.3) is 16.3 Å². The van der Waals surface area contributed by atoms with Crippen molar-refractivity contribution in [2.24, 2.45) is 0 Å². The Morgan fingerprint density at radius 3 is 2.25 bits per heavy atom. The first kappa shape index (κ1) is 43.1. The Morgan fingerprint density at radius 2 is 1.61 bits per heavy atom. The van der Waals surface area contributed by atoms with Gasteiger partial charge in [-0.2, -0.15) is 21.4 Å². The molecule has 2 aliphatic heterocycles. The van der Waals surface area contributed by atoms with Gasteiger partial charge < -0.3 is 9.74 Å². The zero-order valence-corrected chi connectivity index (χ0v) is 34.6. The highest BCUT2D eigenvalue weighted by atomic mass is 32.2. The second-order valence-corrected chi connectivity index (χ2v) is 20.4. The molecule has 2 aliphatic rings. The summed E-state index contributed by atoms with van der Waals surface area (Å²) in [7, 11) is -9.46. The standard InChI is InChI=1S/C36H44N4O12S4/c1-36(2)27-23-26(56(49,50)51)15-16-28(27)38(20-7-5-6-13-35(43)52-40-32(41)18-19-33(40)42)31(36)11-10-12-34-39(21-8-9-22-54(44,45)46)29-17-14-25(24-30(29)53-34)55(47,48)37(3)4/h10-12,14-17,23-24H,5-9,13,18-22H2,1-4H3,(H-,44,45,46,49,50,51)/p+1. The number of imide groups is 1. The molecule has 0 spiro atoms. The van der Waals surface area contributed by atoms with E-state index < -0.39 is 59.2 Å². The van der Waals surface area contributed by atoms with Crippen LogP contribution >= 0.6 is 11.3 Å². The fourth-order valence-corrected chi connectivity index (χ4v) is 9.88. The predicted molar refractivity (Wildman–Crippen MR) is 208 cm³/mol. The maximum absolute atomic E-state index is 12.9. The van der Waals surface area contributed by atoms with Crippen molar-refractivity contribution in [2.45, 2.75) is 87.0 Å². The lowest BCUT2D eigenvalue weighted by Gasteiger charge is -2.27. The molecule has 0 bridgehead atoms. The predicted octanol–water partition coefficient (Wildman–Crippen LogP) is 4.22. The van der Waals surface area contributed by atoms with Gasteiger partial charge >= 0.3 is 5.97 Å². The Hall–Kier alpha value is -4.05. The van der Waals surface area contributed by atoms with E-state index in [0.717, 1.165) is 26.2 Å². The quantitative estimate of drug-likeness (QED) is 0.0843. The third-order valence-corrected chi connectivity index (χ3v) is 14.2. The Morgan fingerprint density at radius 1 is 0.929 bits per heavy atom. The fourth-order valence-electron chi connectivity index (χ4n) is 6.66. The molecule has 1 saturated heterocycles. The highest BCUT2D eigenvalue weighted by Crippen LogP contribution is 2.48. The van der Waals surface area contributed by atoms with Crippen LogP contribution in [0.1, 0.15) is 75.8 Å². The number of hydrogen-bond acceptors (Lipinski definition) is 12. The molecule has 2 aromatic carbocycles. The zero-order chi connectivity index (χ0) is 41.2. The van der Waals surface area contributed by atoms with Gasteiger partial charge in [-0.25, -0.2) is 17.5 Å². The number of fused-ring (bicyclic) bond motifs is 2.